The molecule has 0 radical (unpaired) electrons. The Labute approximate surface area is 160 Å². The molecule has 0 heterocycles. The number of halogens is 2. The summed E-state index contributed by atoms with van der Waals surface area (Å²) in [6.07, 6.45) is 2.00. The molecule has 0 bridgehead atoms. The van der Waals surface area contributed by atoms with Gasteiger partial charge in [0.15, 0.2) is 0 Å². The van der Waals surface area contributed by atoms with E-state index in [9.17, 15) is 5.11 Å². The molecule has 0 aromatic heterocycles. The Kier molecular flexibility index (Phi) is 6.70. The van der Waals surface area contributed by atoms with Crippen LogP contribution in [-0.2, 0) is 5.60 Å². The Hall–Kier alpha value is -1.32. The fraction of sp³-hybridized carbons (Fsp3) is 0.333. The van der Waals surface area contributed by atoms with E-state index in [1.165, 1.54) is 0 Å². The maximum Gasteiger partial charge on any atom is 0.116 e. The van der Waals surface area contributed by atoms with Crippen molar-refractivity contribution in [1.82, 2.24) is 4.90 Å². The van der Waals surface area contributed by atoms with Crippen molar-refractivity contribution in [1.29, 1.82) is 0 Å². The Morgan fingerprint density at radius 1 is 1.12 bits per heavy atom. The average Bonchev–Trinajstić information content (AvgIpc) is 2.56. The summed E-state index contributed by atoms with van der Waals surface area (Å²) in [6, 6.07) is 15.4. The lowest BCUT2D eigenvalue weighted by atomic mass is 9.76. The summed E-state index contributed by atoms with van der Waals surface area (Å²) < 4.78 is 0. The fourth-order valence-corrected chi connectivity index (χ4v) is 3.70. The molecule has 2 atom stereocenters. The average molecular weight is 378 g/mol. The van der Waals surface area contributed by atoms with Gasteiger partial charge in [0.2, 0.25) is 0 Å². The van der Waals surface area contributed by atoms with Crippen molar-refractivity contribution in [2.45, 2.75) is 19.4 Å². The Morgan fingerprint density at radius 3 is 2.36 bits per heavy atom. The number of aliphatic hydroxyl groups is 1. The first-order valence-electron chi connectivity index (χ1n) is 8.32. The van der Waals surface area contributed by atoms with Crippen molar-refractivity contribution in [2.75, 3.05) is 20.6 Å². The maximum absolute atomic E-state index is 11.8. The van der Waals surface area contributed by atoms with Crippen molar-refractivity contribution >= 4 is 29.3 Å². The van der Waals surface area contributed by atoms with Crippen LogP contribution in [0.4, 0.5) is 0 Å². The van der Waals surface area contributed by atoms with E-state index in [0.29, 0.717) is 22.2 Å². The van der Waals surface area contributed by atoms with Crippen LogP contribution < -0.4 is 0 Å². The van der Waals surface area contributed by atoms with Crippen LogP contribution in [-0.4, -0.2) is 30.6 Å². The summed E-state index contributed by atoms with van der Waals surface area (Å²) >= 11 is 12.7. The fourth-order valence-electron chi connectivity index (χ4n) is 3.25. The molecule has 0 aliphatic carbocycles. The number of hydrogen-bond acceptors (Lipinski definition) is 2. The van der Waals surface area contributed by atoms with Gasteiger partial charge >= 0.3 is 0 Å². The molecule has 2 rings (SSSR count). The Bertz CT molecular complexity index is 743. The monoisotopic (exact) mass is 377 g/mol. The van der Waals surface area contributed by atoms with E-state index in [0.717, 1.165) is 11.1 Å². The summed E-state index contributed by atoms with van der Waals surface area (Å²) in [5.41, 5.74) is 1.29. The van der Waals surface area contributed by atoms with Crippen LogP contribution in [0.3, 0.4) is 0 Å². The number of nitrogens with zero attached hydrogens (tertiary/aromatic N) is 1. The molecule has 1 N–H and O–H groups in total. The lowest BCUT2D eigenvalue weighted by Gasteiger charge is -2.38. The standard InChI is InChI=1S/C21H25Cl2NO/c1-15(13-17-9-6-5-7-10-17)21(25,16(2)14-24(3)4)18-11-8-12-19(22)20(18)23/h5-13,16,25H,14H2,1-4H3/b15-13+. The molecule has 0 spiro atoms. The van der Waals surface area contributed by atoms with Crippen LogP contribution in [0.1, 0.15) is 25.0 Å². The lowest BCUT2D eigenvalue weighted by molar-refractivity contribution is 0.0106. The molecule has 2 unspecified atom stereocenters. The third kappa shape index (κ3) is 4.45. The van der Waals surface area contributed by atoms with E-state index in [-0.39, 0.29) is 5.92 Å². The van der Waals surface area contributed by atoms with E-state index in [2.05, 4.69) is 4.90 Å². The highest BCUT2D eigenvalue weighted by Gasteiger charge is 2.39. The molecule has 2 nitrogen and oxygen atoms in total. The molecule has 0 aliphatic heterocycles. The minimum atomic E-state index is -1.22. The predicted molar refractivity (Wildman–Crippen MR) is 108 cm³/mol. The number of rotatable bonds is 6. The molecular weight excluding hydrogens is 353 g/mol. The molecule has 0 aliphatic rings. The Morgan fingerprint density at radius 2 is 1.76 bits per heavy atom. The van der Waals surface area contributed by atoms with Crippen molar-refractivity contribution in [3.8, 4) is 0 Å². The molecule has 0 fully saturated rings. The second-order valence-electron chi connectivity index (χ2n) is 6.77. The van der Waals surface area contributed by atoms with Gasteiger partial charge in [-0.25, -0.2) is 0 Å². The topological polar surface area (TPSA) is 23.5 Å². The van der Waals surface area contributed by atoms with E-state index in [4.69, 9.17) is 23.2 Å². The van der Waals surface area contributed by atoms with Crippen LogP contribution in [0.2, 0.25) is 10.0 Å². The van der Waals surface area contributed by atoms with Crippen molar-refractivity contribution in [2.24, 2.45) is 5.92 Å². The molecular formula is C21H25Cl2NO. The molecule has 134 valence electrons. The van der Waals surface area contributed by atoms with Crippen LogP contribution in [0.15, 0.2) is 54.1 Å². The van der Waals surface area contributed by atoms with E-state index < -0.39 is 5.60 Å². The van der Waals surface area contributed by atoms with Crippen LogP contribution in [0, 0.1) is 5.92 Å². The highest BCUT2D eigenvalue weighted by molar-refractivity contribution is 6.42. The Balaban J connectivity index is 2.60. The predicted octanol–water partition coefficient (Wildman–Crippen LogP) is 5.48. The van der Waals surface area contributed by atoms with E-state index >= 15 is 0 Å². The molecule has 0 saturated heterocycles. The highest BCUT2D eigenvalue weighted by atomic mass is 35.5. The summed E-state index contributed by atoms with van der Waals surface area (Å²) in [4.78, 5) is 2.06. The molecule has 4 heteroatoms. The summed E-state index contributed by atoms with van der Waals surface area (Å²) in [5.74, 6) is -0.0848. The molecule has 0 saturated carbocycles. The highest BCUT2D eigenvalue weighted by Crippen LogP contribution is 2.43. The quantitative estimate of drug-likeness (QED) is 0.719. The third-order valence-corrected chi connectivity index (χ3v) is 5.32. The largest absolute Gasteiger partial charge is 0.380 e. The van der Waals surface area contributed by atoms with Gasteiger partial charge in [-0.3, -0.25) is 0 Å². The van der Waals surface area contributed by atoms with Crippen LogP contribution in [0.5, 0.6) is 0 Å². The summed E-state index contributed by atoms with van der Waals surface area (Å²) in [5, 5.41) is 12.6. The van der Waals surface area contributed by atoms with Gasteiger partial charge in [-0.2, -0.15) is 0 Å². The normalized spacial score (nSPS) is 15.9. The minimum absolute atomic E-state index is 0.0848. The summed E-state index contributed by atoms with van der Waals surface area (Å²) in [6.45, 7) is 4.68. The first-order chi connectivity index (χ1) is 11.8. The van der Waals surface area contributed by atoms with Crippen molar-refractivity contribution < 1.29 is 5.11 Å². The number of benzene rings is 2. The minimum Gasteiger partial charge on any atom is -0.380 e. The van der Waals surface area contributed by atoms with Gasteiger partial charge in [0.05, 0.1) is 10.0 Å². The number of hydrogen-bond donors (Lipinski definition) is 1. The van der Waals surface area contributed by atoms with Gasteiger partial charge in [0.1, 0.15) is 5.60 Å². The van der Waals surface area contributed by atoms with Crippen molar-refractivity contribution in [3.63, 3.8) is 0 Å². The molecule has 0 amide bonds. The SMILES string of the molecule is C/C(=C\c1ccccc1)C(O)(c1cccc(Cl)c1Cl)C(C)CN(C)C. The first kappa shape index (κ1) is 20.0. The third-order valence-electron chi connectivity index (χ3n) is 4.50. The molecule has 2 aromatic rings. The zero-order chi connectivity index (χ0) is 18.6. The van der Waals surface area contributed by atoms with Crippen LogP contribution >= 0.6 is 23.2 Å². The van der Waals surface area contributed by atoms with Gasteiger partial charge in [0, 0.05) is 18.0 Å². The zero-order valence-electron chi connectivity index (χ0n) is 15.1. The second-order valence-corrected chi connectivity index (χ2v) is 7.55. The van der Waals surface area contributed by atoms with Crippen molar-refractivity contribution in [3.05, 3.63) is 75.3 Å². The van der Waals surface area contributed by atoms with Gasteiger partial charge < -0.3 is 10.0 Å². The molecule has 25 heavy (non-hydrogen) atoms. The van der Waals surface area contributed by atoms with Gasteiger partial charge in [0.25, 0.3) is 0 Å². The van der Waals surface area contributed by atoms with E-state index in [1.54, 1.807) is 6.07 Å². The maximum atomic E-state index is 11.8. The van der Waals surface area contributed by atoms with Crippen LogP contribution in [0.25, 0.3) is 6.08 Å². The second kappa shape index (κ2) is 8.37. The first-order valence-corrected chi connectivity index (χ1v) is 9.07. The summed E-state index contributed by atoms with van der Waals surface area (Å²) in [7, 11) is 3.99. The van der Waals surface area contributed by atoms with Gasteiger partial charge in [-0.15, -0.1) is 0 Å². The van der Waals surface area contributed by atoms with Gasteiger partial charge in [-0.05, 0) is 38.2 Å². The lowest BCUT2D eigenvalue weighted by Crippen LogP contribution is -2.40. The van der Waals surface area contributed by atoms with Gasteiger partial charge in [-0.1, -0.05) is 78.7 Å². The molecule has 2 aromatic carbocycles. The zero-order valence-corrected chi connectivity index (χ0v) is 16.6. The van der Waals surface area contributed by atoms with E-state index in [1.807, 2.05) is 76.5 Å². The smallest absolute Gasteiger partial charge is 0.116 e.